The van der Waals surface area contributed by atoms with E-state index in [2.05, 4.69) is 5.32 Å². The van der Waals surface area contributed by atoms with E-state index >= 15 is 0 Å². The van der Waals surface area contributed by atoms with Crippen molar-refractivity contribution < 1.29 is 9.53 Å². The van der Waals surface area contributed by atoms with Gasteiger partial charge in [0.25, 0.3) is 0 Å². The average molecular weight is 226 g/mol. The van der Waals surface area contributed by atoms with Crippen LogP contribution in [0.25, 0.3) is 0 Å². The van der Waals surface area contributed by atoms with Crippen LogP contribution in [0, 0.1) is 0 Å². The second-order valence-electron chi connectivity index (χ2n) is 4.79. The SMILES string of the molecule is CCN(CC)C(=O)OC1C[C@H]2CC[C@@H](C1)N2. The van der Waals surface area contributed by atoms with Gasteiger partial charge in [-0.15, -0.1) is 0 Å². The normalized spacial score (nSPS) is 32.5. The van der Waals surface area contributed by atoms with Crippen molar-refractivity contribution in [2.75, 3.05) is 13.1 Å². The average Bonchev–Trinajstić information content (AvgIpc) is 2.60. The number of carbonyl (C=O) groups excluding carboxylic acids is 1. The minimum atomic E-state index is -0.142. The third-order valence-corrected chi connectivity index (χ3v) is 3.72. The summed E-state index contributed by atoms with van der Waals surface area (Å²) in [5, 5.41) is 3.55. The van der Waals surface area contributed by atoms with E-state index in [0.29, 0.717) is 12.1 Å². The van der Waals surface area contributed by atoms with Gasteiger partial charge in [0.05, 0.1) is 0 Å². The number of rotatable bonds is 3. The number of nitrogens with zero attached hydrogens (tertiary/aromatic N) is 1. The van der Waals surface area contributed by atoms with Crippen LogP contribution in [0.3, 0.4) is 0 Å². The third kappa shape index (κ3) is 2.48. The molecule has 1 unspecified atom stereocenters. The monoisotopic (exact) mass is 226 g/mol. The van der Waals surface area contributed by atoms with Crippen LogP contribution in [-0.4, -0.2) is 42.3 Å². The van der Waals surface area contributed by atoms with Gasteiger partial charge in [0.15, 0.2) is 0 Å². The number of ether oxygens (including phenoxy) is 1. The topological polar surface area (TPSA) is 41.6 Å². The lowest BCUT2D eigenvalue weighted by molar-refractivity contribution is 0.0418. The molecule has 0 radical (unpaired) electrons. The summed E-state index contributed by atoms with van der Waals surface area (Å²) >= 11 is 0. The van der Waals surface area contributed by atoms with E-state index in [9.17, 15) is 4.79 Å². The zero-order valence-corrected chi connectivity index (χ0v) is 10.2. The molecule has 3 atom stereocenters. The molecule has 4 heteroatoms. The maximum absolute atomic E-state index is 11.8. The Bertz CT molecular complexity index is 241. The van der Waals surface area contributed by atoms with Crippen molar-refractivity contribution in [2.45, 2.75) is 57.7 Å². The molecular formula is C12H22N2O2. The van der Waals surface area contributed by atoms with Gasteiger partial charge < -0.3 is 15.0 Å². The van der Waals surface area contributed by atoms with Gasteiger partial charge in [-0.3, -0.25) is 0 Å². The van der Waals surface area contributed by atoms with E-state index in [1.54, 1.807) is 4.90 Å². The van der Waals surface area contributed by atoms with Gasteiger partial charge in [-0.2, -0.15) is 0 Å². The molecule has 4 nitrogen and oxygen atoms in total. The first-order valence-corrected chi connectivity index (χ1v) is 6.44. The highest BCUT2D eigenvalue weighted by Crippen LogP contribution is 2.28. The molecule has 0 aromatic heterocycles. The maximum Gasteiger partial charge on any atom is 0.410 e. The summed E-state index contributed by atoms with van der Waals surface area (Å²) in [5.74, 6) is 0. The van der Waals surface area contributed by atoms with E-state index in [1.807, 2.05) is 13.8 Å². The van der Waals surface area contributed by atoms with Crippen LogP contribution in [-0.2, 0) is 4.74 Å². The first-order chi connectivity index (χ1) is 7.72. The number of amides is 1. The smallest absolute Gasteiger partial charge is 0.410 e. The number of piperidine rings is 1. The Hall–Kier alpha value is -0.770. The zero-order chi connectivity index (χ0) is 11.5. The van der Waals surface area contributed by atoms with Crippen LogP contribution in [0.2, 0.25) is 0 Å². The van der Waals surface area contributed by atoms with Gasteiger partial charge in [-0.05, 0) is 39.5 Å². The molecule has 0 aromatic carbocycles. The second-order valence-corrected chi connectivity index (χ2v) is 4.79. The lowest BCUT2D eigenvalue weighted by Crippen LogP contribution is -2.44. The highest BCUT2D eigenvalue weighted by molar-refractivity contribution is 5.67. The molecule has 0 saturated carbocycles. The third-order valence-electron chi connectivity index (χ3n) is 3.72. The number of hydrogen-bond donors (Lipinski definition) is 1. The second kappa shape index (κ2) is 5.04. The zero-order valence-electron chi connectivity index (χ0n) is 10.2. The van der Waals surface area contributed by atoms with Gasteiger partial charge in [-0.1, -0.05) is 0 Å². The molecule has 0 aromatic rings. The summed E-state index contributed by atoms with van der Waals surface area (Å²) in [7, 11) is 0. The lowest BCUT2D eigenvalue weighted by atomic mass is 10.0. The predicted molar refractivity (Wildman–Crippen MR) is 62.4 cm³/mol. The Morgan fingerprint density at radius 1 is 1.25 bits per heavy atom. The Morgan fingerprint density at radius 3 is 2.31 bits per heavy atom. The molecule has 2 aliphatic heterocycles. The predicted octanol–water partition coefficient (Wildman–Crippen LogP) is 1.75. The molecule has 2 bridgehead atoms. The molecular weight excluding hydrogens is 204 g/mol. The molecule has 1 amide bonds. The molecule has 2 aliphatic rings. The van der Waals surface area contributed by atoms with Crippen molar-refractivity contribution in [1.29, 1.82) is 0 Å². The fourth-order valence-corrected chi connectivity index (χ4v) is 2.80. The van der Waals surface area contributed by atoms with Crippen LogP contribution in [0.1, 0.15) is 39.5 Å². The largest absolute Gasteiger partial charge is 0.446 e. The summed E-state index contributed by atoms with van der Waals surface area (Å²) < 4.78 is 5.56. The maximum atomic E-state index is 11.8. The van der Waals surface area contributed by atoms with E-state index in [1.165, 1.54) is 12.8 Å². The number of fused-ring (bicyclic) bond motifs is 2. The molecule has 0 spiro atoms. The summed E-state index contributed by atoms with van der Waals surface area (Å²) in [6.45, 7) is 5.42. The van der Waals surface area contributed by atoms with Crippen molar-refractivity contribution in [2.24, 2.45) is 0 Å². The molecule has 16 heavy (non-hydrogen) atoms. The van der Waals surface area contributed by atoms with Crippen LogP contribution in [0.15, 0.2) is 0 Å². The van der Waals surface area contributed by atoms with Crippen molar-refractivity contribution in [3.8, 4) is 0 Å². The van der Waals surface area contributed by atoms with Gasteiger partial charge in [0.2, 0.25) is 0 Å². The van der Waals surface area contributed by atoms with Crippen molar-refractivity contribution in [3.05, 3.63) is 0 Å². The summed E-state index contributed by atoms with van der Waals surface area (Å²) in [4.78, 5) is 13.5. The Balaban J connectivity index is 1.83. The molecule has 1 N–H and O–H groups in total. The molecule has 0 aliphatic carbocycles. The number of carbonyl (C=O) groups is 1. The van der Waals surface area contributed by atoms with Gasteiger partial charge in [-0.25, -0.2) is 4.79 Å². The van der Waals surface area contributed by atoms with E-state index < -0.39 is 0 Å². The van der Waals surface area contributed by atoms with Gasteiger partial charge >= 0.3 is 6.09 Å². The van der Waals surface area contributed by atoms with Gasteiger partial charge in [0.1, 0.15) is 6.10 Å². The van der Waals surface area contributed by atoms with E-state index in [-0.39, 0.29) is 12.2 Å². The Kier molecular flexibility index (Phi) is 3.69. The fraction of sp³-hybridized carbons (Fsp3) is 0.917. The molecule has 2 saturated heterocycles. The summed E-state index contributed by atoms with van der Waals surface area (Å²) in [6.07, 6.45) is 4.45. The van der Waals surface area contributed by atoms with Crippen molar-refractivity contribution in [1.82, 2.24) is 10.2 Å². The van der Waals surface area contributed by atoms with E-state index in [0.717, 1.165) is 25.9 Å². The van der Waals surface area contributed by atoms with Crippen LogP contribution in [0.5, 0.6) is 0 Å². The molecule has 2 fully saturated rings. The molecule has 92 valence electrons. The molecule has 2 rings (SSSR count). The Morgan fingerprint density at radius 2 is 1.81 bits per heavy atom. The van der Waals surface area contributed by atoms with Crippen LogP contribution < -0.4 is 5.32 Å². The summed E-state index contributed by atoms with van der Waals surface area (Å²) in [5.41, 5.74) is 0. The lowest BCUT2D eigenvalue weighted by Gasteiger charge is -2.30. The highest BCUT2D eigenvalue weighted by atomic mass is 16.6. The quantitative estimate of drug-likeness (QED) is 0.797. The minimum absolute atomic E-state index is 0.131. The summed E-state index contributed by atoms with van der Waals surface area (Å²) in [6, 6.07) is 1.15. The fourth-order valence-electron chi connectivity index (χ4n) is 2.80. The highest BCUT2D eigenvalue weighted by Gasteiger charge is 2.35. The minimum Gasteiger partial charge on any atom is -0.446 e. The van der Waals surface area contributed by atoms with E-state index in [4.69, 9.17) is 4.74 Å². The Labute approximate surface area is 97.3 Å². The van der Waals surface area contributed by atoms with Crippen LogP contribution in [0.4, 0.5) is 4.79 Å². The molecule has 2 heterocycles. The van der Waals surface area contributed by atoms with Crippen molar-refractivity contribution >= 4 is 6.09 Å². The first kappa shape index (κ1) is 11.7. The van der Waals surface area contributed by atoms with Gasteiger partial charge in [0, 0.05) is 25.2 Å². The standard InChI is InChI=1S/C12H22N2O2/c1-3-14(4-2)12(15)16-11-7-9-5-6-10(8-11)13-9/h9-11,13H,3-8H2,1-2H3/t9-,10+,11?. The first-order valence-electron chi connectivity index (χ1n) is 6.44. The van der Waals surface area contributed by atoms with Crippen molar-refractivity contribution in [3.63, 3.8) is 0 Å². The van der Waals surface area contributed by atoms with Crippen LogP contribution >= 0.6 is 0 Å². The number of hydrogen-bond acceptors (Lipinski definition) is 3. The number of nitrogens with one attached hydrogen (secondary N) is 1.